The van der Waals surface area contributed by atoms with Crippen molar-refractivity contribution >= 4 is 5.69 Å². The highest BCUT2D eigenvalue weighted by atomic mass is 14.9. The molecule has 0 aromatic heterocycles. The summed E-state index contributed by atoms with van der Waals surface area (Å²) in [4.78, 5) is 0. The first-order valence-corrected chi connectivity index (χ1v) is 8.88. The molecular weight excluding hydrogens is 256 g/mol. The zero-order valence-electron chi connectivity index (χ0n) is 13.8. The monoisotopic (exact) mass is 290 g/mol. The van der Waals surface area contributed by atoms with Gasteiger partial charge in [0.05, 0.1) is 0 Å². The lowest BCUT2D eigenvalue weighted by atomic mass is 10.0. The molecule has 0 amide bonds. The summed E-state index contributed by atoms with van der Waals surface area (Å²) in [7, 11) is 0. The molecule has 2 heteroatoms. The van der Waals surface area contributed by atoms with E-state index in [1.54, 1.807) is 0 Å². The molecule has 0 fully saturated rings. The van der Waals surface area contributed by atoms with E-state index >= 15 is 0 Å². The fourth-order valence-corrected chi connectivity index (χ4v) is 2.77. The van der Waals surface area contributed by atoms with Crippen molar-refractivity contribution < 1.29 is 0 Å². The number of unbranched alkanes of at least 4 members (excludes halogenated alkanes) is 6. The molecule has 1 aromatic carbocycles. The van der Waals surface area contributed by atoms with Crippen LogP contribution in [0.15, 0.2) is 30.3 Å². The Hall–Kier alpha value is -1.02. The van der Waals surface area contributed by atoms with Crippen LogP contribution in [0, 0.1) is 0 Å². The molecule has 0 spiro atoms. The minimum absolute atomic E-state index is 0.576. The lowest BCUT2D eigenvalue weighted by molar-refractivity contribution is 0.520. The molecule has 1 atom stereocenters. The van der Waals surface area contributed by atoms with Crippen LogP contribution < -0.4 is 11.1 Å². The van der Waals surface area contributed by atoms with Gasteiger partial charge in [-0.3, -0.25) is 0 Å². The van der Waals surface area contributed by atoms with Crippen molar-refractivity contribution in [3.05, 3.63) is 30.3 Å². The fraction of sp³-hybridized carbons (Fsp3) is 0.684. The Labute approximate surface area is 131 Å². The van der Waals surface area contributed by atoms with E-state index in [2.05, 4.69) is 42.6 Å². The van der Waals surface area contributed by atoms with Crippen LogP contribution in [0.2, 0.25) is 0 Å². The van der Waals surface area contributed by atoms with Crippen LogP contribution in [-0.2, 0) is 0 Å². The Kier molecular flexibility index (Phi) is 10.9. The summed E-state index contributed by atoms with van der Waals surface area (Å²) in [6.45, 7) is 3.07. The number of para-hydroxylation sites is 1. The first-order chi connectivity index (χ1) is 10.4. The van der Waals surface area contributed by atoms with Crippen LogP contribution in [0.4, 0.5) is 5.69 Å². The third-order valence-electron chi connectivity index (χ3n) is 4.06. The molecule has 2 nitrogen and oxygen atoms in total. The van der Waals surface area contributed by atoms with Gasteiger partial charge in [0.1, 0.15) is 0 Å². The number of hydrogen-bond acceptors (Lipinski definition) is 2. The Morgan fingerprint density at radius 3 is 2.14 bits per heavy atom. The van der Waals surface area contributed by atoms with Crippen LogP contribution in [0.25, 0.3) is 0 Å². The van der Waals surface area contributed by atoms with Crippen molar-refractivity contribution in [2.75, 3.05) is 11.9 Å². The van der Waals surface area contributed by atoms with Gasteiger partial charge in [0.2, 0.25) is 0 Å². The van der Waals surface area contributed by atoms with Crippen LogP contribution in [0.5, 0.6) is 0 Å². The number of benzene rings is 1. The molecule has 120 valence electrons. The highest BCUT2D eigenvalue weighted by Gasteiger charge is 2.07. The van der Waals surface area contributed by atoms with E-state index in [0.717, 1.165) is 13.0 Å². The number of anilines is 1. The summed E-state index contributed by atoms with van der Waals surface area (Å²) in [5.74, 6) is 0. The van der Waals surface area contributed by atoms with E-state index in [1.165, 1.54) is 63.5 Å². The maximum atomic E-state index is 5.67. The van der Waals surface area contributed by atoms with Gasteiger partial charge in [0.25, 0.3) is 0 Å². The molecule has 0 aliphatic rings. The van der Waals surface area contributed by atoms with Crippen LogP contribution >= 0.6 is 0 Å². The van der Waals surface area contributed by atoms with Crippen LogP contribution in [-0.4, -0.2) is 12.6 Å². The van der Waals surface area contributed by atoms with Crippen LogP contribution in [0.3, 0.4) is 0 Å². The maximum Gasteiger partial charge on any atom is 0.0342 e. The average Bonchev–Trinajstić information content (AvgIpc) is 2.52. The number of rotatable bonds is 13. The quantitative estimate of drug-likeness (QED) is 0.481. The summed E-state index contributed by atoms with van der Waals surface area (Å²) < 4.78 is 0. The molecule has 0 saturated carbocycles. The van der Waals surface area contributed by atoms with Crippen molar-refractivity contribution in [3.8, 4) is 0 Å². The summed E-state index contributed by atoms with van der Waals surface area (Å²) in [6, 6.07) is 11.1. The molecule has 1 unspecified atom stereocenters. The molecule has 3 N–H and O–H groups in total. The standard InChI is InChI=1S/C19H34N2/c1-2-3-4-5-6-7-9-13-19(16-12-17-20)21-18-14-10-8-11-15-18/h8,10-11,14-15,19,21H,2-7,9,12-13,16-17,20H2,1H3. The van der Waals surface area contributed by atoms with E-state index in [9.17, 15) is 0 Å². The molecule has 0 heterocycles. The molecule has 1 rings (SSSR count). The summed E-state index contributed by atoms with van der Waals surface area (Å²) >= 11 is 0. The van der Waals surface area contributed by atoms with Crippen LogP contribution in [0.1, 0.15) is 71.1 Å². The summed E-state index contributed by atoms with van der Waals surface area (Å²) in [5, 5.41) is 3.67. The predicted molar refractivity (Wildman–Crippen MR) is 94.8 cm³/mol. The molecule has 0 radical (unpaired) electrons. The Morgan fingerprint density at radius 1 is 0.857 bits per heavy atom. The first-order valence-electron chi connectivity index (χ1n) is 8.88. The second-order valence-corrected chi connectivity index (χ2v) is 6.05. The van der Waals surface area contributed by atoms with Crippen molar-refractivity contribution in [2.45, 2.75) is 77.2 Å². The number of nitrogens with two attached hydrogens (primary N) is 1. The normalized spacial score (nSPS) is 12.3. The zero-order valence-corrected chi connectivity index (χ0v) is 13.8. The summed E-state index contributed by atoms with van der Waals surface area (Å²) in [5.41, 5.74) is 6.90. The third-order valence-corrected chi connectivity index (χ3v) is 4.06. The molecular formula is C19H34N2. The van der Waals surface area contributed by atoms with Gasteiger partial charge in [0, 0.05) is 11.7 Å². The Balaban J connectivity index is 2.20. The average molecular weight is 290 g/mol. The molecule has 0 aliphatic heterocycles. The molecule has 0 aliphatic carbocycles. The van der Waals surface area contributed by atoms with Crippen molar-refractivity contribution in [1.29, 1.82) is 0 Å². The second-order valence-electron chi connectivity index (χ2n) is 6.05. The fourth-order valence-electron chi connectivity index (χ4n) is 2.77. The van der Waals surface area contributed by atoms with Gasteiger partial charge >= 0.3 is 0 Å². The zero-order chi connectivity index (χ0) is 15.2. The van der Waals surface area contributed by atoms with Gasteiger partial charge in [-0.2, -0.15) is 0 Å². The summed E-state index contributed by atoms with van der Waals surface area (Å²) in [6.07, 6.45) is 13.2. The van der Waals surface area contributed by atoms with Crippen molar-refractivity contribution in [3.63, 3.8) is 0 Å². The molecule has 0 saturated heterocycles. The van der Waals surface area contributed by atoms with Gasteiger partial charge < -0.3 is 11.1 Å². The highest BCUT2D eigenvalue weighted by Crippen LogP contribution is 2.16. The van der Waals surface area contributed by atoms with Gasteiger partial charge in [-0.25, -0.2) is 0 Å². The second kappa shape index (κ2) is 12.7. The van der Waals surface area contributed by atoms with Gasteiger partial charge in [-0.1, -0.05) is 70.1 Å². The lowest BCUT2D eigenvalue weighted by Gasteiger charge is -2.20. The van der Waals surface area contributed by atoms with Gasteiger partial charge in [-0.15, -0.1) is 0 Å². The third kappa shape index (κ3) is 9.52. The van der Waals surface area contributed by atoms with E-state index in [1.807, 2.05) is 0 Å². The van der Waals surface area contributed by atoms with E-state index < -0.39 is 0 Å². The SMILES string of the molecule is CCCCCCCCCC(CCCN)Nc1ccccc1. The van der Waals surface area contributed by atoms with Crippen molar-refractivity contribution in [2.24, 2.45) is 5.73 Å². The smallest absolute Gasteiger partial charge is 0.0342 e. The van der Waals surface area contributed by atoms with E-state index in [4.69, 9.17) is 5.73 Å². The number of hydrogen-bond donors (Lipinski definition) is 2. The van der Waals surface area contributed by atoms with E-state index in [-0.39, 0.29) is 0 Å². The minimum Gasteiger partial charge on any atom is -0.382 e. The Bertz CT molecular complexity index is 324. The van der Waals surface area contributed by atoms with E-state index in [0.29, 0.717) is 6.04 Å². The number of nitrogens with one attached hydrogen (secondary N) is 1. The van der Waals surface area contributed by atoms with Gasteiger partial charge in [-0.05, 0) is 37.9 Å². The topological polar surface area (TPSA) is 38.0 Å². The minimum atomic E-state index is 0.576. The lowest BCUT2D eigenvalue weighted by Crippen LogP contribution is -2.20. The maximum absolute atomic E-state index is 5.67. The van der Waals surface area contributed by atoms with Gasteiger partial charge in [0.15, 0.2) is 0 Å². The molecule has 0 bridgehead atoms. The molecule has 1 aromatic rings. The predicted octanol–water partition coefficient (Wildman–Crippen LogP) is 5.35. The first kappa shape index (κ1) is 18.0. The Morgan fingerprint density at radius 2 is 1.48 bits per heavy atom. The van der Waals surface area contributed by atoms with Crippen molar-refractivity contribution in [1.82, 2.24) is 0 Å². The highest BCUT2D eigenvalue weighted by molar-refractivity contribution is 5.43. The largest absolute Gasteiger partial charge is 0.382 e. The molecule has 21 heavy (non-hydrogen) atoms.